The minimum Gasteiger partial charge on any atom is -0.496 e. The fourth-order valence-electron chi connectivity index (χ4n) is 4.91. The topological polar surface area (TPSA) is 41.6 Å². The molecule has 4 rings (SSSR count). The molecule has 1 heterocycles. The van der Waals surface area contributed by atoms with Gasteiger partial charge in [-0.2, -0.15) is 0 Å². The molecule has 1 aliphatic carbocycles. The van der Waals surface area contributed by atoms with E-state index < -0.39 is 0 Å². The highest BCUT2D eigenvalue weighted by atomic mass is 35.5. The number of amides is 1. The van der Waals surface area contributed by atoms with E-state index in [-0.39, 0.29) is 12.4 Å². The van der Waals surface area contributed by atoms with Gasteiger partial charge in [0.15, 0.2) is 0 Å². The monoisotopic (exact) mass is 416 g/mol. The number of benzene rings is 2. The SMILES string of the molecule is COc1ccc2ccccc2c1CN(C(=O)CCC1CCNC1)C1CCCC1.Cl. The molecule has 1 saturated carbocycles. The maximum Gasteiger partial charge on any atom is 0.223 e. The normalized spacial score (nSPS) is 19.3. The number of ether oxygens (including phenoxy) is 1. The molecule has 0 aromatic heterocycles. The Kier molecular flexibility index (Phi) is 7.79. The Labute approximate surface area is 180 Å². The molecule has 0 radical (unpaired) electrons. The molecule has 4 nitrogen and oxygen atoms in total. The third-order valence-electron chi connectivity index (χ3n) is 6.56. The van der Waals surface area contributed by atoms with Crippen molar-refractivity contribution in [2.24, 2.45) is 5.92 Å². The van der Waals surface area contributed by atoms with Crippen LogP contribution < -0.4 is 10.1 Å². The molecule has 0 bridgehead atoms. The number of rotatable bonds is 7. The molecule has 29 heavy (non-hydrogen) atoms. The Bertz CT molecular complexity index is 814. The number of hydrogen-bond acceptors (Lipinski definition) is 3. The summed E-state index contributed by atoms with van der Waals surface area (Å²) in [6.07, 6.45) is 7.58. The molecule has 1 unspecified atom stereocenters. The van der Waals surface area contributed by atoms with Gasteiger partial charge in [0.2, 0.25) is 5.91 Å². The molecule has 1 saturated heterocycles. The first-order valence-corrected chi connectivity index (χ1v) is 10.8. The zero-order chi connectivity index (χ0) is 19.3. The number of carbonyl (C=O) groups excluding carboxylic acids is 1. The van der Waals surface area contributed by atoms with Gasteiger partial charge in [-0.15, -0.1) is 12.4 Å². The molecule has 2 aliphatic rings. The molecular weight excluding hydrogens is 384 g/mol. The van der Waals surface area contributed by atoms with Gasteiger partial charge in [-0.05, 0) is 61.5 Å². The minimum absolute atomic E-state index is 0. The smallest absolute Gasteiger partial charge is 0.223 e. The minimum atomic E-state index is 0. The van der Waals surface area contributed by atoms with Crippen LogP contribution in [0.1, 0.15) is 50.5 Å². The Morgan fingerprint density at radius 1 is 1.14 bits per heavy atom. The first kappa shape index (κ1) is 21.9. The first-order chi connectivity index (χ1) is 13.8. The zero-order valence-corrected chi connectivity index (χ0v) is 18.2. The fourth-order valence-corrected chi connectivity index (χ4v) is 4.91. The van der Waals surface area contributed by atoms with Crippen molar-refractivity contribution in [1.29, 1.82) is 0 Å². The highest BCUT2D eigenvalue weighted by Gasteiger charge is 2.28. The lowest BCUT2D eigenvalue weighted by molar-refractivity contribution is -0.134. The molecule has 0 spiro atoms. The van der Waals surface area contributed by atoms with Crippen LogP contribution >= 0.6 is 12.4 Å². The second-order valence-corrected chi connectivity index (χ2v) is 8.32. The quantitative estimate of drug-likeness (QED) is 0.695. The molecule has 1 atom stereocenters. The van der Waals surface area contributed by atoms with Crippen LogP contribution in [0.25, 0.3) is 10.8 Å². The summed E-state index contributed by atoms with van der Waals surface area (Å²) < 4.78 is 5.69. The molecular formula is C24H33ClN2O2. The molecule has 2 aromatic rings. The van der Waals surface area contributed by atoms with Crippen molar-refractivity contribution >= 4 is 29.1 Å². The van der Waals surface area contributed by atoms with E-state index in [0.717, 1.165) is 43.7 Å². The van der Waals surface area contributed by atoms with E-state index in [4.69, 9.17) is 4.74 Å². The second kappa shape index (κ2) is 10.3. The van der Waals surface area contributed by atoms with Gasteiger partial charge < -0.3 is 15.0 Å². The second-order valence-electron chi connectivity index (χ2n) is 8.32. The summed E-state index contributed by atoms with van der Waals surface area (Å²) in [4.78, 5) is 15.5. The number of nitrogens with one attached hydrogen (secondary N) is 1. The maximum absolute atomic E-state index is 13.3. The van der Waals surface area contributed by atoms with Crippen molar-refractivity contribution in [3.05, 3.63) is 42.0 Å². The summed E-state index contributed by atoms with van der Waals surface area (Å²) in [5.41, 5.74) is 1.14. The highest BCUT2D eigenvalue weighted by molar-refractivity contribution is 5.88. The van der Waals surface area contributed by atoms with Gasteiger partial charge in [0.25, 0.3) is 0 Å². The highest BCUT2D eigenvalue weighted by Crippen LogP contribution is 2.33. The third-order valence-corrected chi connectivity index (χ3v) is 6.56. The third kappa shape index (κ3) is 5.04. The van der Waals surface area contributed by atoms with Crippen LogP contribution in [0.4, 0.5) is 0 Å². The van der Waals surface area contributed by atoms with Crippen LogP contribution in [0.5, 0.6) is 5.75 Å². The summed E-state index contributed by atoms with van der Waals surface area (Å²) in [6.45, 7) is 2.81. The van der Waals surface area contributed by atoms with Gasteiger partial charge in [-0.25, -0.2) is 0 Å². The summed E-state index contributed by atoms with van der Waals surface area (Å²) in [6, 6.07) is 12.9. The van der Waals surface area contributed by atoms with E-state index in [0.29, 0.717) is 30.8 Å². The van der Waals surface area contributed by atoms with Gasteiger partial charge in [0.05, 0.1) is 13.7 Å². The van der Waals surface area contributed by atoms with E-state index in [1.807, 2.05) is 6.07 Å². The molecule has 1 amide bonds. The Morgan fingerprint density at radius 3 is 2.66 bits per heavy atom. The van der Waals surface area contributed by atoms with E-state index >= 15 is 0 Å². The predicted molar refractivity (Wildman–Crippen MR) is 121 cm³/mol. The Balaban J connectivity index is 0.00000240. The van der Waals surface area contributed by atoms with Gasteiger partial charge >= 0.3 is 0 Å². The van der Waals surface area contributed by atoms with Crippen molar-refractivity contribution in [3.63, 3.8) is 0 Å². The average molecular weight is 417 g/mol. The lowest BCUT2D eigenvalue weighted by Crippen LogP contribution is -2.38. The number of fused-ring (bicyclic) bond motifs is 1. The number of hydrogen-bond donors (Lipinski definition) is 1. The van der Waals surface area contributed by atoms with Crippen LogP contribution in [0, 0.1) is 5.92 Å². The Hall–Kier alpha value is -1.78. The van der Waals surface area contributed by atoms with Crippen molar-refractivity contribution in [3.8, 4) is 5.75 Å². The number of methoxy groups -OCH3 is 1. The lowest BCUT2D eigenvalue weighted by Gasteiger charge is -2.30. The summed E-state index contributed by atoms with van der Waals surface area (Å²) in [5.74, 6) is 1.85. The standard InChI is InChI=1S/C24H32N2O2.ClH/c1-28-23-12-11-19-6-2-5-9-21(19)22(23)17-26(20-7-3-4-8-20)24(27)13-10-18-14-15-25-16-18;/h2,5-6,9,11-12,18,20,25H,3-4,7-8,10,13-17H2,1H3;1H. The summed E-state index contributed by atoms with van der Waals surface area (Å²) in [7, 11) is 1.72. The van der Waals surface area contributed by atoms with Crippen LogP contribution in [-0.4, -0.2) is 37.0 Å². The van der Waals surface area contributed by atoms with E-state index in [1.165, 1.54) is 30.0 Å². The molecule has 1 N–H and O–H groups in total. The predicted octanol–water partition coefficient (Wildman–Crippen LogP) is 4.93. The van der Waals surface area contributed by atoms with Crippen LogP contribution in [-0.2, 0) is 11.3 Å². The largest absolute Gasteiger partial charge is 0.496 e. The first-order valence-electron chi connectivity index (χ1n) is 10.8. The molecule has 5 heteroatoms. The van der Waals surface area contributed by atoms with Crippen molar-refractivity contribution in [1.82, 2.24) is 10.2 Å². The number of carbonyl (C=O) groups is 1. The van der Waals surface area contributed by atoms with Crippen molar-refractivity contribution < 1.29 is 9.53 Å². The van der Waals surface area contributed by atoms with Crippen molar-refractivity contribution in [2.45, 2.75) is 57.5 Å². The van der Waals surface area contributed by atoms with Crippen LogP contribution in [0.3, 0.4) is 0 Å². The number of nitrogens with zero attached hydrogens (tertiary/aromatic N) is 1. The molecule has 2 fully saturated rings. The van der Waals surface area contributed by atoms with E-state index in [2.05, 4.69) is 40.5 Å². The van der Waals surface area contributed by atoms with Crippen molar-refractivity contribution in [2.75, 3.05) is 20.2 Å². The molecule has 2 aromatic carbocycles. The zero-order valence-electron chi connectivity index (χ0n) is 17.4. The van der Waals surface area contributed by atoms with E-state index in [1.54, 1.807) is 7.11 Å². The number of halogens is 1. The summed E-state index contributed by atoms with van der Waals surface area (Å²) >= 11 is 0. The van der Waals surface area contributed by atoms with Gasteiger partial charge in [0, 0.05) is 18.0 Å². The molecule has 1 aliphatic heterocycles. The maximum atomic E-state index is 13.3. The lowest BCUT2D eigenvalue weighted by atomic mass is 10.00. The van der Waals surface area contributed by atoms with Gasteiger partial charge in [0.1, 0.15) is 5.75 Å². The van der Waals surface area contributed by atoms with Crippen LogP contribution in [0.15, 0.2) is 36.4 Å². The Morgan fingerprint density at radius 2 is 1.93 bits per heavy atom. The van der Waals surface area contributed by atoms with Gasteiger partial charge in [-0.1, -0.05) is 43.2 Å². The van der Waals surface area contributed by atoms with Crippen LogP contribution in [0.2, 0.25) is 0 Å². The fraction of sp³-hybridized carbons (Fsp3) is 0.542. The van der Waals surface area contributed by atoms with Gasteiger partial charge in [-0.3, -0.25) is 4.79 Å². The average Bonchev–Trinajstić information content (AvgIpc) is 3.44. The summed E-state index contributed by atoms with van der Waals surface area (Å²) in [5, 5.41) is 5.81. The van der Waals surface area contributed by atoms with E-state index in [9.17, 15) is 4.79 Å². The molecule has 158 valence electrons.